The van der Waals surface area contributed by atoms with Crippen LogP contribution in [0.5, 0.6) is 5.75 Å². The summed E-state index contributed by atoms with van der Waals surface area (Å²) >= 11 is 5.94. The lowest BCUT2D eigenvalue weighted by Crippen LogP contribution is -1.94. The fourth-order valence-electron chi connectivity index (χ4n) is 2.16. The third-order valence-electron chi connectivity index (χ3n) is 3.30. The molecule has 24 heavy (non-hydrogen) atoms. The molecule has 0 aliphatic heterocycles. The molecule has 0 amide bonds. The summed E-state index contributed by atoms with van der Waals surface area (Å²) in [5.74, 6) is -0.387. The molecule has 7 nitrogen and oxygen atoms in total. The Morgan fingerprint density at radius 1 is 1.25 bits per heavy atom. The molecule has 0 saturated heterocycles. The number of nitro groups is 1. The molecule has 0 radical (unpaired) electrons. The van der Waals surface area contributed by atoms with Gasteiger partial charge in [-0.1, -0.05) is 11.6 Å². The minimum Gasteiger partial charge on any atom is -0.502 e. The zero-order valence-electron chi connectivity index (χ0n) is 12.2. The number of hydrogen-bond donors (Lipinski definition) is 2. The number of halogens is 1. The highest BCUT2D eigenvalue weighted by Crippen LogP contribution is 2.26. The number of anilines is 1. The van der Waals surface area contributed by atoms with E-state index in [2.05, 4.69) is 15.5 Å². The molecule has 8 heteroatoms. The smallest absolute Gasteiger partial charge is 0.311 e. The summed E-state index contributed by atoms with van der Waals surface area (Å²) < 4.78 is 0. The van der Waals surface area contributed by atoms with Crippen molar-refractivity contribution in [3.05, 3.63) is 69.4 Å². The molecule has 0 atom stereocenters. The summed E-state index contributed by atoms with van der Waals surface area (Å²) in [5, 5.41) is 25.7. The van der Waals surface area contributed by atoms with E-state index in [0.29, 0.717) is 10.6 Å². The number of aromatic nitrogens is 1. The lowest BCUT2D eigenvalue weighted by Gasteiger charge is -2.05. The van der Waals surface area contributed by atoms with E-state index in [4.69, 9.17) is 11.6 Å². The topological polar surface area (TPSA) is 101 Å². The molecule has 0 saturated carbocycles. The molecule has 2 aromatic carbocycles. The summed E-state index contributed by atoms with van der Waals surface area (Å²) in [5.41, 5.74) is 4.43. The maximum absolute atomic E-state index is 10.8. The Morgan fingerprint density at radius 3 is 2.88 bits per heavy atom. The molecule has 0 spiro atoms. The standard InChI is InChI=1S/C16H11ClN4O3/c17-11-2-3-12-13(5-6-18-14(12)8-11)20-19-9-10-1-4-16(22)15(7-10)21(23)24/h1-9,22H,(H,18,20)/b19-9-. The van der Waals surface area contributed by atoms with E-state index in [1.54, 1.807) is 24.4 Å². The van der Waals surface area contributed by atoms with Crippen LogP contribution in [-0.4, -0.2) is 21.2 Å². The first-order valence-corrected chi connectivity index (χ1v) is 7.23. The van der Waals surface area contributed by atoms with Crippen molar-refractivity contribution < 1.29 is 10.0 Å². The lowest BCUT2D eigenvalue weighted by atomic mass is 10.2. The number of nitro benzene ring substituents is 1. The second-order valence-corrected chi connectivity index (χ2v) is 5.33. The van der Waals surface area contributed by atoms with E-state index >= 15 is 0 Å². The van der Waals surface area contributed by atoms with Crippen LogP contribution in [0.25, 0.3) is 10.9 Å². The molecule has 0 aliphatic rings. The van der Waals surface area contributed by atoms with Crippen LogP contribution in [0.1, 0.15) is 5.56 Å². The third-order valence-corrected chi connectivity index (χ3v) is 3.53. The quantitative estimate of drug-likeness (QED) is 0.424. The Hall–Kier alpha value is -3.19. The molecule has 2 N–H and O–H groups in total. The Labute approximate surface area is 141 Å². The van der Waals surface area contributed by atoms with E-state index in [-0.39, 0.29) is 11.4 Å². The van der Waals surface area contributed by atoms with Crippen molar-refractivity contribution in [2.75, 3.05) is 5.43 Å². The van der Waals surface area contributed by atoms with Gasteiger partial charge >= 0.3 is 5.69 Å². The molecule has 3 aromatic rings. The van der Waals surface area contributed by atoms with E-state index in [9.17, 15) is 15.2 Å². The first-order valence-electron chi connectivity index (χ1n) is 6.85. The number of hydrogen-bond acceptors (Lipinski definition) is 6. The van der Waals surface area contributed by atoms with E-state index < -0.39 is 4.92 Å². The van der Waals surface area contributed by atoms with Crippen LogP contribution in [0.15, 0.2) is 53.8 Å². The average Bonchev–Trinajstić information content (AvgIpc) is 2.56. The number of benzene rings is 2. The van der Waals surface area contributed by atoms with Gasteiger partial charge in [0.1, 0.15) is 0 Å². The van der Waals surface area contributed by atoms with Gasteiger partial charge in [0.25, 0.3) is 0 Å². The minimum absolute atomic E-state index is 0.372. The summed E-state index contributed by atoms with van der Waals surface area (Å²) in [7, 11) is 0. The predicted octanol–water partition coefficient (Wildman–Crippen LogP) is 3.95. The highest BCUT2D eigenvalue weighted by Gasteiger charge is 2.12. The molecule has 120 valence electrons. The third kappa shape index (κ3) is 3.26. The summed E-state index contributed by atoms with van der Waals surface area (Å²) in [6.45, 7) is 0. The first-order chi connectivity index (χ1) is 11.5. The van der Waals surface area contributed by atoms with Crippen LogP contribution >= 0.6 is 11.6 Å². The van der Waals surface area contributed by atoms with Crippen molar-refractivity contribution in [2.45, 2.75) is 0 Å². The first kappa shape index (κ1) is 15.7. The molecule has 0 unspecified atom stereocenters. The normalized spacial score (nSPS) is 11.0. The van der Waals surface area contributed by atoms with Crippen LogP contribution in [0.2, 0.25) is 5.02 Å². The summed E-state index contributed by atoms with van der Waals surface area (Å²) in [6.07, 6.45) is 3.05. The lowest BCUT2D eigenvalue weighted by molar-refractivity contribution is -0.385. The number of phenols is 1. The number of fused-ring (bicyclic) bond motifs is 1. The number of pyridine rings is 1. The van der Waals surface area contributed by atoms with Gasteiger partial charge in [0.2, 0.25) is 0 Å². The van der Waals surface area contributed by atoms with Crippen LogP contribution in [0, 0.1) is 10.1 Å². The molecular weight excluding hydrogens is 332 g/mol. The zero-order valence-corrected chi connectivity index (χ0v) is 12.9. The van der Waals surface area contributed by atoms with Crippen molar-refractivity contribution in [1.29, 1.82) is 0 Å². The average molecular weight is 343 g/mol. The number of nitrogens with zero attached hydrogens (tertiary/aromatic N) is 3. The molecular formula is C16H11ClN4O3. The molecule has 3 rings (SSSR count). The monoisotopic (exact) mass is 342 g/mol. The Bertz CT molecular complexity index is 959. The number of rotatable bonds is 4. The maximum atomic E-state index is 10.8. The second-order valence-electron chi connectivity index (χ2n) is 4.90. The van der Waals surface area contributed by atoms with Crippen LogP contribution in [0.3, 0.4) is 0 Å². The number of aromatic hydroxyl groups is 1. The molecule has 1 heterocycles. The largest absolute Gasteiger partial charge is 0.502 e. The van der Waals surface area contributed by atoms with E-state index in [1.165, 1.54) is 24.4 Å². The maximum Gasteiger partial charge on any atom is 0.311 e. The fourth-order valence-corrected chi connectivity index (χ4v) is 2.33. The molecule has 0 aliphatic carbocycles. The highest BCUT2D eigenvalue weighted by molar-refractivity contribution is 6.31. The Balaban J connectivity index is 1.85. The van der Waals surface area contributed by atoms with Gasteiger partial charge in [-0.3, -0.25) is 20.5 Å². The van der Waals surface area contributed by atoms with Gasteiger partial charge in [-0.15, -0.1) is 0 Å². The van der Waals surface area contributed by atoms with Crippen molar-refractivity contribution in [3.63, 3.8) is 0 Å². The molecule has 0 bridgehead atoms. The molecule has 0 fully saturated rings. The van der Waals surface area contributed by atoms with Crippen LogP contribution in [0.4, 0.5) is 11.4 Å². The van der Waals surface area contributed by atoms with Gasteiger partial charge in [-0.05, 0) is 36.4 Å². The number of phenolic OH excluding ortho intramolecular Hbond substituents is 1. The van der Waals surface area contributed by atoms with Crippen molar-refractivity contribution in [2.24, 2.45) is 5.10 Å². The van der Waals surface area contributed by atoms with Gasteiger partial charge in [0.05, 0.1) is 22.3 Å². The van der Waals surface area contributed by atoms with Gasteiger partial charge in [0.15, 0.2) is 5.75 Å². The second kappa shape index (κ2) is 6.51. The van der Waals surface area contributed by atoms with Gasteiger partial charge in [0, 0.05) is 28.2 Å². The Morgan fingerprint density at radius 2 is 2.08 bits per heavy atom. The molecule has 1 aromatic heterocycles. The van der Waals surface area contributed by atoms with Gasteiger partial charge < -0.3 is 5.11 Å². The van der Waals surface area contributed by atoms with Crippen molar-refractivity contribution in [1.82, 2.24) is 4.98 Å². The fraction of sp³-hybridized carbons (Fsp3) is 0. The van der Waals surface area contributed by atoms with E-state index in [0.717, 1.165) is 16.6 Å². The SMILES string of the molecule is O=[N+]([O-])c1cc(/C=N\Nc2ccnc3cc(Cl)ccc23)ccc1O. The van der Waals surface area contributed by atoms with Crippen molar-refractivity contribution in [3.8, 4) is 5.75 Å². The van der Waals surface area contributed by atoms with Crippen molar-refractivity contribution >= 4 is 40.1 Å². The Kier molecular flexibility index (Phi) is 4.26. The number of nitrogens with one attached hydrogen (secondary N) is 1. The highest BCUT2D eigenvalue weighted by atomic mass is 35.5. The predicted molar refractivity (Wildman–Crippen MR) is 92.7 cm³/mol. The van der Waals surface area contributed by atoms with Gasteiger partial charge in [-0.2, -0.15) is 5.10 Å². The van der Waals surface area contributed by atoms with Crippen LogP contribution in [-0.2, 0) is 0 Å². The summed E-state index contributed by atoms with van der Waals surface area (Å²) in [6, 6.07) is 11.1. The van der Waals surface area contributed by atoms with Gasteiger partial charge in [-0.25, -0.2) is 0 Å². The minimum atomic E-state index is -0.653. The number of hydrazone groups is 1. The summed E-state index contributed by atoms with van der Waals surface area (Å²) in [4.78, 5) is 14.4. The van der Waals surface area contributed by atoms with Crippen LogP contribution < -0.4 is 5.43 Å². The van der Waals surface area contributed by atoms with E-state index in [1.807, 2.05) is 6.07 Å². The zero-order chi connectivity index (χ0) is 17.1.